The molecule has 0 radical (unpaired) electrons. The summed E-state index contributed by atoms with van der Waals surface area (Å²) in [4.78, 5) is 51.5. The highest BCUT2D eigenvalue weighted by Crippen LogP contribution is 2.20. The molecule has 0 saturated carbocycles. The first-order chi connectivity index (χ1) is 21.9. The largest absolute Gasteiger partial charge is 0.489 e. The summed E-state index contributed by atoms with van der Waals surface area (Å²) < 4.78 is 11.0. The van der Waals surface area contributed by atoms with Gasteiger partial charge in [0.2, 0.25) is 5.91 Å². The summed E-state index contributed by atoms with van der Waals surface area (Å²) in [5.74, 6) is 0.175. The average Bonchev–Trinajstić information content (AvgIpc) is 3.08. The van der Waals surface area contributed by atoms with E-state index in [0.717, 1.165) is 11.1 Å². The van der Waals surface area contributed by atoms with E-state index in [1.807, 2.05) is 84.9 Å². The van der Waals surface area contributed by atoms with Gasteiger partial charge in [-0.25, -0.2) is 14.8 Å². The third-order valence-electron chi connectivity index (χ3n) is 7.29. The molecule has 4 aromatic rings. The van der Waals surface area contributed by atoms with Crippen LogP contribution in [0.2, 0.25) is 5.15 Å². The summed E-state index contributed by atoms with van der Waals surface area (Å²) in [6, 6.07) is 27.0. The third-order valence-corrected chi connectivity index (χ3v) is 7.49. The van der Waals surface area contributed by atoms with Gasteiger partial charge in [-0.05, 0) is 30.2 Å². The summed E-state index contributed by atoms with van der Waals surface area (Å²) in [6.45, 7) is 3.76. The van der Waals surface area contributed by atoms with Gasteiger partial charge in [0.05, 0.1) is 6.61 Å². The number of benzene rings is 3. The van der Waals surface area contributed by atoms with E-state index in [2.05, 4.69) is 15.3 Å². The number of nitrogens with zero attached hydrogens (tertiary/aromatic N) is 4. The van der Waals surface area contributed by atoms with Crippen molar-refractivity contribution < 1.29 is 23.9 Å². The smallest absolute Gasteiger partial charge is 0.409 e. The predicted molar refractivity (Wildman–Crippen MR) is 170 cm³/mol. The first kappa shape index (κ1) is 31.5. The van der Waals surface area contributed by atoms with Crippen LogP contribution in [0.5, 0.6) is 5.75 Å². The highest BCUT2D eigenvalue weighted by Gasteiger charge is 2.31. The molecule has 0 aliphatic carbocycles. The monoisotopic (exact) mass is 627 g/mol. The molecule has 3 aromatic carbocycles. The number of ether oxygens (including phenoxy) is 2. The number of halogens is 1. The van der Waals surface area contributed by atoms with Gasteiger partial charge in [-0.3, -0.25) is 9.59 Å². The molecule has 3 amide bonds. The highest BCUT2D eigenvalue weighted by molar-refractivity contribution is 6.29. The molecule has 1 fully saturated rings. The van der Waals surface area contributed by atoms with Crippen molar-refractivity contribution in [2.75, 3.05) is 32.8 Å². The van der Waals surface area contributed by atoms with Crippen LogP contribution in [-0.2, 0) is 22.6 Å². The normalized spacial score (nSPS) is 13.6. The number of rotatable bonds is 10. The van der Waals surface area contributed by atoms with Gasteiger partial charge in [-0.2, -0.15) is 0 Å². The Morgan fingerprint density at radius 2 is 1.49 bits per heavy atom. The van der Waals surface area contributed by atoms with Crippen LogP contribution in [0.25, 0.3) is 11.4 Å². The van der Waals surface area contributed by atoms with E-state index < -0.39 is 18.0 Å². The second kappa shape index (κ2) is 15.2. The van der Waals surface area contributed by atoms with Gasteiger partial charge in [-0.1, -0.05) is 84.4 Å². The Balaban J connectivity index is 1.32. The van der Waals surface area contributed by atoms with Crippen molar-refractivity contribution in [1.82, 2.24) is 25.1 Å². The Labute approximate surface area is 266 Å². The van der Waals surface area contributed by atoms with Gasteiger partial charge in [0.1, 0.15) is 29.2 Å². The van der Waals surface area contributed by atoms with Crippen molar-refractivity contribution in [3.63, 3.8) is 0 Å². The van der Waals surface area contributed by atoms with Crippen LogP contribution in [0, 0.1) is 0 Å². The summed E-state index contributed by atoms with van der Waals surface area (Å²) in [5.41, 5.74) is 2.63. The molecule has 5 rings (SSSR count). The van der Waals surface area contributed by atoms with Crippen LogP contribution >= 0.6 is 11.6 Å². The molecule has 1 unspecified atom stereocenters. The standard InChI is InChI=1S/C34H34ClN5O5/c1-2-44-34(43)40-19-17-39(18-20-40)33(42)29(21-24-13-15-27(16-14-24)45-23-25-9-5-3-6-10-25)37-32(41)28-22-30(35)38-31(36-28)26-11-7-4-8-12-26/h3-16,22,29H,2,17-21,23H2,1H3,(H,37,41). The molecule has 10 nitrogen and oxygen atoms in total. The molecule has 1 saturated heterocycles. The molecule has 11 heteroatoms. The van der Waals surface area contributed by atoms with E-state index in [4.69, 9.17) is 21.1 Å². The van der Waals surface area contributed by atoms with Crippen molar-refractivity contribution in [1.29, 1.82) is 0 Å². The molecule has 2 heterocycles. The molecule has 1 N–H and O–H groups in total. The van der Waals surface area contributed by atoms with Gasteiger partial charge in [0.25, 0.3) is 5.91 Å². The molecule has 1 aliphatic rings. The molecule has 1 atom stereocenters. The molecule has 45 heavy (non-hydrogen) atoms. The predicted octanol–water partition coefficient (Wildman–Crippen LogP) is 5.02. The van der Waals surface area contributed by atoms with E-state index in [1.165, 1.54) is 6.07 Å². The van der Waals surface area contributed by atoms with Crippen LogP contribution in [-0.4, -0.2) is 76.5 Å². The quantitative estimate of drug-likeness (QED) is 0.246. The summed E-state index contributed by atoms with van der Waals surface area (Å²) in [6.07, 6.45) is -0.176. The van der Waals surface area contributed by atoms with E-state index in [0.29, 0.717) is 49.9 Å². The number of aromatic nitrogens is 2. The maximum absolute atomic E-state index is 13.8. The summed E-state index contributed by atoms with van der Waals surface area (Å²) in [7, 11) is 0. The van der Waals surface area contributed by atoms with Gasteiger partial charge in [0, 0.05) is 44.2 Å². The van der Waals surface area contributed by atoms with Crippen LogP contribution in [0.4, 0.5) is 4.79 Å². The Bertz CT molecular complexity index is 1600. The number of amides is 3. The lowest BCUT2D eigenvalue weighted by Crippen LogP contribution is -2.56. The number of carbonyl (C=O) groups is 3. The number of hydrogen-bond acceptors (Lipinski definition) is 7. The molecule has 1 aromatic heterocycles. The topological polar surface area (TPSA) is 114 Å². The second-order valence-electron chi connectivity index (χ2n) is 10.4. The molecule has 0 spiro atoms. The summed E-state index contributed by atoms with van der Waals surface area (Å²) in [5, 5.41) is 2.99. The van der Waals surface area contributed by atoms with Gasteiger partial charge in [-0.15, -0.1) is 0 Å². The van der Waals surface area contributed by atoms with Crippen LogP contribution in [0.3, 0.4) is 0 Å². The maximum Gasteiger partial charge on any atom is 0.409 e. The van der Waals surface area contributed by atoms with Gasteiger partial charge < -0.3 is 24.6 Å². The lowest BCUT2D eigenvalue weighted by molar-refractivity contribution is -0.134. The number of hydrogen-bond donors (Lipinski definition) is 1. The number of nitrogens with one attached hydrogen (secondary N) is 1. The lowest BCUT2D eigenvalue weighted by atomic mass is 10.0. The maximum atomic E-state index is 13.8. The minimum Gasteiger partial charge on any atom is -0.489 e. The molecular weight excluding hydrogens is 594 g/mol. The SMILES string of the molecule is CCOC(=O)N1CCN(C(=O)C(Cc2ccc(OCc3ccccc3)cc2)NC(=O)c2cc(Cl)nc(-c3ccccc3)n2)CC1. The van der Waals surface area contributed by atoms with Crippen molar-refractivity contribution in [2.45, 2.75) is 26.0 Å². The van der Waals surface area contributed by atoms with Crippen molar-refractivity contribution in [3.05, 3.63) is 113 Å². The van der Waals surface area contributed by atoms with Crippen LogP contribution in [0.15, 0.2) is 91.0 Å². The molecular formula is C34H34ClN5O5. The fourth-order valence-electron chi connectivity index (χ4n) is 4.93. The van der Waals surface area contributed by atoms with E-state index in [1.54, 1.807) is 16.7 Å². The van der Waals surface area contributed by atoms with E-state index >= 15 is 0 Å². The fourth-order valence-corrected chi connectivity index (χ4v) is 5.11. The van der Waals surface area contributed by atoms with Gasteiger partial charge >= 0.3 is 6.09 Å². The van der Waals surface area contributed by atoms with Crippen molar-refractivity contribution in [3.8, 4) is 17.1 Å². The Kier molecular flexibility index (Phi) is 10.6. The third kappa shape index (κ3) is 8.57. The molecule has 0 bridgehead atoms. The Hall–Kier alpha value is -4.96. The second-order valence-corrected chi connectivity index (χ2v) is 10.8. The zero-order chi connectivity index (χ0) is 31.6. The van der Waals surface area contributed by atoms with Gasteiger partial charge in [0.15, 0.2) is 5.82 Å². The first-order valence-corrected chi connectivity index (χ1v) is 15.1. The lowest BCUT2D eigenvalue weighted by Gasteiger charge is -2.36. The minimum absolute atomic E-state index is 0.0449. The highest BCUT2D eigenvalue weighted by atomic mass is 35.5. The zero-order valence-electron chi connectivity index (χ0n) is 24.9. The van der Waals surface area contributed by atoms with Crippen molar-refractivity contribution in [2.24, 2.45) is 0 Å². The molecule has 232 valence electrons. The minimum atomic E-state index is -0.906. The Morgan fingerprint density at radius 3 is 2.16 bits per heavy atom. The van der Waals surface area contributed by atoms with Crippen molar-refractivity contribution >= 4 is 29.5 Å². The summed E-state index contributed by atoms with van der Waals surface area (Å²) >= 11 is 6.28. The zero-order valence-corrected chi connectivity index (χ0v) is 25.7. The first-order valence-electron chi connectivity index (χ1n) is 14.8. The number of carbonyl (C=O) groups excluding carboxylic acids is 3. The van der Waals surface area contributed by atoms with E-state index in [9.17, 15) is 14.4 Å². The number of piperazine rings is 1. The molecule has 1 aliphatic heterocycles. The average molecular weight is 628 g/mol. The van der Waals surface area contributed by atoms with E-state index in [-0.39, 0.29) is 29.8 Å². The Morgan fingerprint density at radius 1 is 0.844 bits per heavy atom. The fraction of sp³-hybridized carbons (Fsp3) is 0.265. The van der Waals surface area contributed by atoms with Crippen LogP contribution < -0.4 is 10.1 Å². The van der Waals surface area contributed by atoms with Crippen LogP contribution in [0.1, 0.15) is 28.5 Å².